The van der Waals surface area contributed by atoms with Crippen LogP contribution in [-0.2, 0) is 14.3 Å². The van der Waals surface area contributed by atoms with Gasteiger partial charge in [0.15, 0.2) is 0 Å². The summed E-state index contributed by atoms with van der Waals surface area (Å²) >= 11 is 0. The average Bonchev–Trinajstić information content (AvgIpc) is 1.89. The van der Waals surface area contributed by atoms with Crippen LogP contribution in [0.1, 0.15) is 6.92 Å². The molecule has 0 spiro atoms. The molecule has 11 heavy (non-hydrogen) atoms. The Bertz CT molecular complexity index is 144. The van der Waals surface area contributed by atoms with Gasteiger partial charge in [-0.25, -0.2) is 0 Å². The van der Waals surface area contributed by atoms with Crippen molar-refractivity contribution in [3.63, 3.8) is 0 Å². The first-order valence-electron chi connectivity index (χ1n) is 2.74. The van der Waals surface area contributed by atoms with Gasteiger partial charge in [0.2, 0.25) is 0 Å². The lowest BCUT2D eigenvalue weighted by Crippen LogP contribution is -2.10. The van der Waals surface area contributed by atoms with E-state index in [4.69, 9.17) is 5.11 Å². The van der Waals surface area contributed by atoms with Crippen molar-refractivity contribution >= 4 is 11.9 Å². The Balaban J connectivity index is 0. The number of aliphatic carboxylic acids is 1. The molecule has 0 aromatic heterocycles. The summed E-state index contributed by atoms with van der Waals surface area (Å²) in [6.07, 6.45) is 1.10. The van der Waals surface area contributed by atoms with Crippen molar-refractivity contribution in [1.82, 2.24) is 0 Å². The molecule has 0 saturated carbocycles. The lowest BCUT2D eigenvalue weighted by molar-refractivity contribution is -0.136. The summed E-state index contributed by atoms with van der Waals surface area (Å²) in [5, 5.41) is 7.60. The van der Waals surface area contributed by atoms with Crippen molar-refractivity contribution in [2.75, 3.05) is 6.54 Å². The number of nitrogens with two attached hydrogens (primary N) is 1. The Labute approximate surface area is 64.5 Å². The van der Waals surface area contributed by atoms with E-state index < -0.39 is 5.97 Å². The van der Waals surface area contributed by atoms with E-state index in [0.717, 1.165) is 6.26 Å². The van der Waals surface area contributed by atoms with Gasteiger partial charge in [0, 0.05) is 6.92 Å². The zero-order valence-corrected chi connectivity index (χ0v) is 6.24. The summed E-state index contributed by atoms with van der Waals surface area (Å²) in [7, 11) is 0. The van der Waals surface area contributed by atoms with Gasteiger partial charge in [0.1, 0.15) is 0 Å². The molecule has 64 valence electrons. The highest BCUT2D eigenvalue weighted by Gasteiger charge is 1.81. The monoisotopic (exact) mass is 161 g/mol. The van der Waals surface area contributed by atoms with Gasteiger partial charge in [-0.15, -0.1) is 0 Å². The van der Waals surface area contributed by atoms with E-state index in [9.17, 15) is 9.59 Å². The number of hydrogen-bond acceptors (Lipinski definition) is 4. The first-order valence-corrected chi connectivity index (χ1v) is 2.74. The van der Waals surface area contributed by atoms with Crippen LogP contribution in [0, 0.1) is 0 Å². The minimum absolute atomic E-state index is 0.278. The summed E-state index contributed by atoms with van der Waals surface area (Å²) < 4.78 is 4.17. The van der Waals surface area contributed by atoms with Crippen LogP contribution in [0.3, 0.4) is 0 Å². The summed E-state index contributed by atoms with van der Waals surface area (Å²) in [4.78, 5) is 19.0. The Morgan fingerprint density at radius 3 is 2.09 bits per heavy atom. The topological polar surface area (TPSA) is 89.6 Å². The van der Waals surface area contributed by atoms with Gasteiger partial charge in [0.25, 0.3) is 0 Å². The molecule has 5 nitrogen and oxygen atoms in total. The van der Waals surface area contributed by atoms with Gasteiger partial charge in [-0.2, -0.15) is 0 Å². The second-order valence-electron chi connectivity index (χ2n) is 1.37. The molecule has 0 heterocycles. The SMILES string of the molecule is C=COC(C)=O.NCC(=O)O. The molecule has 0 atom stereocenters. The fraction of sp³-hybridized carbons (Fsp3) is 0.333. The zero-order chi connectivity index (χ0) is 9.28. The van der Waals surface area contributed by atoms with E-state index in [0.29, 0.717) is 0 Å². The maximum absolute atomic E-state index is 9.75. The third-order valence-electron chi connectivity index (χ3n) is 0.424. The van der Waals surface area contributed by atoms with Crippen molar-refractivity contribution in [3.8, 4) is 0 Å². The molecule has 0 fully saturated rings. The predicted molar refractivity (Wildman–Crippen MR) is 38.7 cm³/mol. The van der Waals surface area contributed by atoms with Crippen LogP contribution in [0.15, 0.2) is 12.8 Å². The summed E-state index contributed by atoms with van der Waals surface area (Å²) in [5.74, 6) is -1.30. The summed E-state index contributed by atoms with van der Waals surface area (Å²) in [6.45, 7) is 4.20. The van der Waals surface area contributed by atoms with Crippen LogP contribution in [-0.4, -0.2) is 23.6 Å². The molecule has 0 amide bonds. The molecule has 0 aliphatic heterocycles. The van der Waals surface area contributed by atoms with Crippen LogP contribution >= 0.6 is 0 Å². The van der Waals surface area contributed by atoms with Crippen LogP contribution in [0.2, 0.25) is 0 Å². The van der Waals surface area contributed by atoms with Gasteiger partial charge in [0.05, 0.1) is 12.8 Å². The highest BCUT2D eigenvalue weighted by Crippen LogP contribution is 1.70. The maximum Gasteiger partial charge on any atom is 0.317 e. The predicted octanol–water partition coefficient (Wildman–Crippen LogP) is -0.277. The minimum Gasteiger partial charge on any atom is -0.480 e. The Hall–Kier alpha value is -1.36. The molecule has 0 unspecified atom stereocenters. The molecular formula is C6H11NO4. The maximum atomic E-state index is 9.75. The number of carbonyl (C=O) groups excluding carboxylic acids is 1. The fourth-order valence-corrected chi connectivity index (χ4v) is 0.117. The number of carbonyl (C=O) groups is 2. The average molecular weight is 161 g/mol. The molecule has 5 heteroatoms. The third kappa shape index (κ3) is 28.8. The first-order chi connectivity index (χ1) is 5.04. The largest absolute Gasteiger partial charge is 0.480 e. The van der Waals surface area contributed by atoms with Crippen molar-refractivity contribution < 1.29 is 19.4 Å². The number of hydrogen-bond donors (Lipinski definition) is 2. The third-order valence-corrected chi connectivity index (χ3v) is 0.424. The van der Waals surface area contributed by atoms with E-state index in [1.165, 1.54) is 6.92 Å². The van der Waals surface area contributed by atoms with Crippen LogP contribution in [0.5, 0.6) is 0 Å². The van der Waals surface area contributed by atoms with Crippen LogP contribution in [0.25, 0.3) is 0 Å². The highest BCUT2D eigenvalue weighted by molar-refractivity contribution is 5.68. The van der Waals surface area contributed by atoms with Gasteiger partial charge in [-0.1, -0.05) is 6.58 Å². The number of carboxylic acids is 1. The zero-order valence-electron chi connectivity index (χ0n) is 6.24. The van der Waals surface area contributed by atoms with E-state index in [1.54, 1.807) is 0 Å². The van der Waals surface area contributed by atoms with Crippen molar-refractivity contribution in [1.29, 1.82) is 0 Å². The van der Waals surface area contributed by atoms with E-state index in [1.807, 2.05) is 0 Å². The Morgan fingerprint density at radius 1 is 1.73 bits per heavy atom. The van der Waals surface area contributed by atoms with Gasteiger partial charge >= 0.3 is 11.9 Å². The smallest absolute Gasteiger partial charge is 0.317 e. The minimum atomic E-state index is -0.968. The summed E-state index contributed by atoms with van der Waals surface area (Å²) in [5.41, 5.74) is 4.57. The molecule has 0 aliphatic rings. The molecule has 0 bridgehead atoms. The van der Waals surface area contributed by atoms with Crippen molar-refractivity contribution in [3.05, 3.63) is 12.8 Å². The van der Waals surface area contributed by atoms with Crippen LogP contribution in [0.4, 0.5) is 0 Å². The van der Waals surface area contributed by atoms with E-state index in [-0.39, 0.29) is 12.5 Å². The fourth-order valence-electron chi connectivity index (χ4n) is 0.117. The highest BCUT2D eigenvalue weighted by atomic mass is 16.5. The number of carboxylic acid groups (broad SMARTS) is 1. The number of rotatable bonds is 2. The van der Waals surface area contributed by atoms with E-state index in [2.05, 4.69) is 17.0 Å². The number of esters is 1. The van der Waals surface area contributed by atoms with Crippen molar-refractivity contribution in [2.24, 2.45) is 5.73 Å². The Kier molecular flexibility index (Phi) is 9.68. The molecule has 0 aromatic rings. The Morgan fingerprint density at radius 2 is 2.09 bits per heavy atom. The van der Waals surface area contributed by atoms with Crippen molar-refractivity contribution in [2.45, 2.75) is 6.92 Å². The second kappa shape index (κ2) is 8.64. The molecule has 0 radical (unpaired) electrons. The molecular weight excluding hydrogens is 150 g/mol. The standard InChI is InChI=1S/C4H6O2.C2H5NO2/c1-3-6-4(2)5;3-1-2(4)5/h3H,1H2,2H3;1,3H2,(H,4,5). The second-order valence-corrected chi connectivity index (χ2v) is 1.37. The quantitative estimate of drug-likeness (QED) is 0.429. The van der Waals surface area contributed by atoms with E-state index >= 15 is 0 Å². The molecule has 0 rings (SSSR count). The molecule has 3 N–H and O–H groups in total. The number of ether oxygens (including phenoxy) is 1. The van der Waals surface area contributed by atoms with Gasteiger partial charge in [-0.3, -0.25) is 9.59 Å². The molecule has 0 saturated heterocycles. The van der Waals surface area contributed by atoms with Gasteiger partial charge < -0.3 is 15.6 Å². The normalized spacial score (nSPS) is 7.09. The first kappa shape index (κ1) is 12.3. The van der Waals surface area contributed by atoms with Crippen LogP contribution < -0.4 is 5.73 Å². The lowest BCUT2D eigenvalue weighted by atomic mass is 10.7. The lowest BCUT2D eigenvalue weighted by Gasteiger charge is -1.83. The molecule has 0 aromatic carbocycles. The molecule has 0 aliphatic carbocycles. The summed E-state index contributed by atoms with van der Waals surface area (Å²) in [6, 6.07) is 0. The van der Waals surface area contributed by atoms with Gasteiger partial charge in [-0.05, 0) is 0 Å².